The minimum atomic E-state index is -0.305. The van der Waals surface area contributed by atoms with Gasteiger partial charge in [0, 0.05) is 32.1 Å². The van der Waals surface area contributed by atoms with E-state index in [2.05, 4.69) is 24.1 Å². The minimum Gasteiger partial charge on any atom is -0.370 e. The third-order valence-corrected chi connectivity index (χ3v) is 2.49. The number of nitrogens with one attached hydrogen (secondary N) is 1. The van der Waals surface area contributed by atoms with Crippen molar-refractivity contribution in [1.29, 1.82) is 0 Å². The van der Waals surface area contributed by atoms with E-state index >= 15 is 0 Å². The Bertz CT molecular complexity index is 171. The van der Waals surface area contributed by atoms with Crippen LogP contribution < -0.4 is 16.8 Å². The molecule has 5 heteroatoms. The van der Waals surface area contributed by atoms with E-state index in [9.17, 15) is 4.79 Å². The summed E-state index contributed by atoms with van der Waals surface area (Å²) in [5, 5.41) is 3.23. The number of rotatable bonds is 9. The molecular weight excluding hydrogens is 192 g/mol. The van der Waals surface area contributed by atoms with E-state index in [1.54, 1.807) is 0 Å². The number of carbonyl (C=O) groups excluding carboxylic acids is 1. The van der Waals surface area contributed by atoms with Gasteiger partial charge in [-0.1, -0.05) is 13.8 Å². The summed E-state index contributed by atoms with van der Waals surface area (Å²) in [5.74, 6) is -0.305. The van der Waals surface area contributed by atoms with Crippen molar-refractivity contribution in [2.45, 2.75) is 26.3 Å². The fraction of sp³-hybridized carbons (Fsp3) is 0.900. The Morgan fingerprint density at radius 2 is 2.00 bits per heavy atom. The van der Waals surface area contributed by atoms with Crippen LogP contribution in [0.3, 0.4) is 0 Å². The standard InChI is InChI=1S/C10H24N4O/c1-3-14(4-2)6-5-13-9(8-11)7-10(12)15/h9,13H,3-8,11H2,1-2H3,(H2,12,15). The molecule has 0 spiro atoms. The zero-order chi connectivity index (χ0) is 11.7. The van der Waals surface area contributed by atoms with Crippen molar-refractivity contribution >= 4 is 5.91 Å². The highest BCUT2D eigenvalue weighted by Gasteiger charge is 2.09. The van der Waals surface area contributed by atoms with Gasteiger partial charge in [0.05, 0.1) is 0 Å². The SMILES string of the molecule is CCN(CC)CCNC(CN)CC(N)=O. The lowest BCUT2D eigenvalue weighted by Gasteiger charge is -2.20. The van der Waals surface area contributed by atoms with Crippen molar-refractivity contribution in [2.75, 3.05) is 32.7 Å². The zero-order valence-electron chi connectivity index (χ0n) is 9.83. The molecular formula is C10H24N4O. The first kappa shape index (κ1) is 14.3. The van der Waals surface area contributed by atoms with Crippen LogP contribution in [0.5, 0.6) is 0 Å². The highest BCUT2D eigenvalue weighted by molar-refractivity contribution is 5.74. The van der Waals surface area contributed by atoms with Crippen LogP contribution in [0.4, 0.5) is 0 Å². The number of nitrogens with zero attached hydrogens (tertiary/aromatic N) is 1. The molecule has 5 nitrogen and oxygen atoms in total. The van der Waals surface area contributed by atoms with Crippen molar-refractivity contribution in [3.63, 3.8) is 0 Å². The Balaban J connectivity index is 3.66. The van der Waals surface area contributed by atoms with Crippen LogP contribution in [0.2, 0.25) is 0 Å². The number of hydrogen-bond acceptors (Lipinski definition) is 4. The van der Waals surface area contributed by atoms with Gasteiger partial charge in [-0.2, -0.15) is 0 Å². The molecule has 15 heavy (non-hydrogen) atoms. The lowest BCUT2D eigenvalue weighted by molar-refractivity contribution is -0.118. The molecule has 0 aromatic rings. The molecule has 1 amide bonds. The normalized spacial score (nSPS) is 13.1. The van der Waals surface area contributed by atoms with E-state index in [1.165, 1.54) is 0 Å². The average Bonchev–Trinajstić information content (AvgIpc) is 2.22. The molecule has 0 bridgehead atoms. The van der Waals surface area contributed by atoms with Crippen LogP contribution in [0.25, 0.3) is 0 Å². The molecule has 1 unspecified atom stereocenters. The molecule has 0 aliphatic rings. The van der Waals surface area contributed by atoms with E-state index in [0.29, 0.717) is 13.0 Å². The summed E-state index contributed by atoms with van der Waals surface area (Å²) in [6.45, 7) is 8.61. The number of nitrogens with two attached hydrogens (primary N) is 2. The van der Waals surface area contributed by atoms with Crippen LogP contribution in [-0.2, 0) is 4.79 Å². The summed E-state index contributed by atoms with van der Waals surface area (Å²) >= 11 is 0. The first-order chi connectivity index (χ1) is 7.13. The van der Waals surface area contributed by atoms with Crippen LogP contribution >= 0.6 is 0 Å². The van der Waals surface area contributed by atoms with Gasteiger partial charge in [0.25, 0.3) is 0 Å². The Labute approximate surface area is 92.2 Å². The Morgan fingerprint density at radius 3 is 2.40 bits per heavy atom. The van der Waals surface area contributed by atoms with Gasteiger partial charge in [-0.3, -0.25) is 4.79 Å². The zero-order valence-corrected chi connectivity index (χ0v) is 9.83. The average molecular weight is 216 g/mol. The molecule has 5 N–H and O–H groups in total. The molecule has 90 valence electrons. The maximum absolute atomic E-state index is 10.7. The summed E-state index contributed by atoms with van der Waals surface area (Å²) in [7, 11) is 0. The Kier molecular flexibility index (Phi) is 8.27. The summed E-state index contributed by atoms with van der Waals surface area (Å²) in [6, 6.07) is 0.0121. The molecule has 0 rings (SSSR count). The molecule has 0 saturated heterocycles. The lowest BCUT2D eigenvalue weighted by Crippen LogP contribution is -2.43. The van der Waals surface area contributed by atoms with Gasteiger partial charge in [-0.15, -0.1) is 0 Å². The number of hydrogen-bond donors (Lipinski definition) is 3. The van der Waals surface area contributed by atoms with Gasteiger partial charge in [0.1, 0.15) is 0 Å². The van der Waals surface area contributed by atoms with E-state index < -0.39 is 0 Å². The summed E-state index contributed by atoms with van der Waals surface area (Å²) < 4.78 is 0. The largest absolute Gasteiger partial charge is 0.370 e. The van der Waals surface area contributed by atoms with Crippen molar-refractivity contribution in [2.24, 2.45) is 11.5 Å². The van der Waals surface area contributed by atoms with Crippen molar-refractivity contribution in [3.8, 4) is 0 Å². The van der Waals surface area contributed by atoms with E-state index in [0.717, 1.165) is 26.2 Å². The fourth-order valence-electron chi connectivity index (χ4n) is 1.45. The third-order valence-electron chi connectivity index (χ3n) is 2.49. The van der Waals surface area contributed by atoms with Crippen LogP contribution in [0, 0.1) is 0 Å². The van der Waals surface area contributed by atoms with Crippen molar-refractivity contribution < 1.29 is 4.79 Å². The summed E-state index contributed by atoms with van der Waals surface area (Å²) in [5.41, 5.74) is 10.6. The molecule has 0 heterocycles. The number of amides is 1. The molecule has 0 saturated carbocycles. The molecule has 0 aromatic heterocycles. The van der Waals surface area contributed by atoms with E-state index in [1.807, 2.05) is 0 Å². The minimum absolute atomic E-state index is 0.0121. The number of carbonyl (C=O) groups is 1. The van der Waals surface area contributed by atoms with Gasteiger partial charge < -0.3 is 21.7 Å². The van der Waals surface area contributed by atoms with Crippen LogP contribution in [0.1, 0.15) is 20.3 Å². The highest BCUT2D eigenvalue weighted by Crippen LogP contribution is 1.89. The predicted octanol–water partition coefficient (Wildman–Crippen LogP) is -0.879. The fourth-order valence-corrected chi connectivity index (χ4v) is 1.45. The third kappa shape index (κ3) is 7.30. The molecule has 1 atom stereocenters. The molecule has 0 radical (unpaired) electrons. The predicted molar refractivity (Wildman–Crippen MR) is 62.4 cm³/mol. The van der Waals surface area contributed by atoms with Gasteiger partial charge in [0.15, 0.2) is 0 Å². The molecule has 0 fully saturated rings. The smallest absolute Gasteiger partial charge is 0.219 e. The monoisotopic (exact) mass is 216 g/mol. The lowest BCUT2D eigenvalue weighted by atomic mass is 10.2. The number of primary amides is 1. The molecule has 0 aromatic carbocycles. The number of likely N-dealkylation sites (N-methyl/N-ethyl adjacent to an activating group) is 1. The molecule has 0 aliphatic carbocycles. The second kappa shape index (κ2) is 8.64. The summed E-state index contributed by atoms with van der Waals surface area (Å²) in [6.07, 6.45) is 0.314. The van der Waals surface area contributed by atoms with E-state index in [4.69, 9.17) is 11.5 Å². The van der Waals surface area contributed by atoms with Gasteiger partial charge >= 0.3 is 0 Å². The highest BCUT2D eigenvalue weighted by atomic mass is 16.1. The van der Waals surface area contributed by atoms with Gasteiger partial charge in [0.2, 0.25) is 5.91 Å². The summed E-state index contributed by atoms with van der Waals surface area (Å²) in [4.78, 5) is 13.0. The molecule has 0 aliphatic heterocycles. The maximum atomic E-state index is 10.7. The van der Waals surface area contributed by atoms with Gasteiger partial charge in [-0.25, -0.2) is 0 Å². The van der Waals surface area contributed by atoms with E-state index in [-0.39, 0.29) is 11.9 Å². The van der Waals surface area contributed by atoms with Crippen molar-refractivity contribution in [3.05, 3.63) is 0 Å². The van der Waals surface area contributed by atoms with Crippen LogP contribution in [0.15, 0.2) is 0 Å². The Morgan fingerprint density at radius 1 is 1.40 bits per heavy atom. The quantitative estimate of drug-likeness (QED) is 0.467. The van der Waals surface area contributed by atoms with Gasteiger partial charge in [-0.05, 0) is 13.1 Å². The maximum Gasteiger partial charge on any atom is 0.219 e. The topological polar surface area (TPSA) is 84.4 Å². The van der Waals surface area contributed by atoms with Crippen LogP contribution in [-0.4, -0.2) is 49.6 Å². The Hall–Kier alpha value is -0.650. The second-order valence-electron chi connectivity index (χ2n) is 3.58. The first-order valence-electron chi connectivity index (χ1n) is 5.58. The second-order valence-corrected chi connectivity index (χ2v) is 3.58. The first-order valence-corrected chi connectivity index (χ1v) is 5.58. The van der Waals surface area contributed by atoms with Crippen molar-refractivity contribution in [1.82, 2.24) is 10.2 Å².